The third-order valence-electron chi connectivity index (χ3n) is 5.57. The van der Waals surface area contributed by atoms with Gasteiger partial charge in [0.2, 0.25) is 11.7 Å². The minimum atomic E-state index is -0.239. The Morgan fingerprint density at radius 3 is 2.44 bits per heavy atom. The number of hydrogen-bond acceptors (Lipinski definition) is 6. The summed E-state index contributed by atoms with van der Waals surface area (Å²) in [6, 6.07) is 8.48. The van der Waals surface area contributed by atoms with Gasteiger partial charge in [0.1, 0.15) is 0 Å². The van der Waals surface area contributed by atoms with Crippen LogP contribution in [-0.4, -0.2) is 43.0 Å². The van der Waals surface area contributed by atoms with Crippen molar-refractivity contribution in [3.05, 3.63) is 30.2 Å². The Kier molecular flexibility index (Phi) is 4.72. The molecule has 4 rings (SSSR count). The summed E-state index contributed by atoms with van der Waals surface area (Å²) in [5.41, 5.74) is 8.05. The van der Waals surface area contributed by atoms with Crippen LogP contribution in [0.3, 0.4) is 0 Å². The molecule has 0 aliphatic carbocycles. The number of aromatic nitrogens is 2. The van der Waals surface area contributed by atoms with Gasteiger partial charge in [0.05, 0.1) is 5.41 Å². The Labute approximate surface area is 148 Å². The lowest BCUT2D eigenvalue weighted by molar-refractivity contribution is 0.0409. The van der Waals surface area contributed by atoms with Gasteiger partial charge in [0, 0.05) is 44.1 Å². The number of nitrogens with zero attached hydrogens (tertiary/aromatic N) is 3. The van der Waals surface area contributed by atoms with Crippen molar-refractivity contribution in [3.8, 4) is 11.4 Å². The van der Waals surface area contributed by atoms with Crippen molar-refractivity contribution in [2.75, 3.05) is 37.7 Å². The molecule has 2 aromatic rings. The first kappa shape index (κ1) is 16.5. The number of benzene rings is 1. The first-order valence-electron chi connectivity index (χ1n) is 9.28. The molecule has 2 aliphatic rings. The first-order chi connectivity index (χ1) is 12.3. The van der Waals surface area contributed by atoms with E-state index in [0.717, 1.165) is 31.5 Å². The predicted molar refractivity (Wildman–Crippen MR) is 96.6 cm³/mol. The molecular weight excluding hydrogens is 316 g/mol. The summed E-state index contributed by atoms with van der Waals surface area (Å²) in [6.07, 6.45) is 5.56. The molecular formula is C19H26N4O2. The second kappa shape index (κ2) is 7.14. The van der Waals surface area contributed by atoms with Crippen LogP contribution in [0.5, 0.6) is 0 Å². The minimum absolute atomic E-state index is 0.239. The molecule has 3 heterocycles. The van der Waals surface area contributed by atoms with Crippen LogP contribution >= 0.6 is 0 Å². The normalized spacial score (nSPS) is 20.6. The fourth-order valence-corrected chi connectivity index (χ4v) is 3.80. The van der Waals surface area contributed by atoms with Crippen molar-refractivity contribution in [3.63, 3.8) is 0 Å². The Morgan fingerprint density at radius 2 is 1.76 bits per heavy atom. The molecule has 0 atom stereocenters. The van der Waals surface area contributed by atoms with E-state index in [0.29, 0.717) is 31.5 Å². The molecule has 1 aromatic carbocycles. The molecule has 0 amide bonds. The van der Waals surface area contributed by atoms with E-state index < -0.39 is 0 Å². The number of hydrogen-bond donors (Lipinski definition) is 1. The highest BCUT2D eigenvalue weighted by molar-refractivity contribution is 5.60. The lowest BCUT2D eigenvalue weighted by Gasteiger charge is -2.32. The van der Waals surface area contributed by atoms with E-state index in [1.54, 1.807) is 0 Å². The number of anilines is 1. The van der Waals surface area contributed by atoms with Crippen LogP contribution in [-0.2, 0) is 10.2 Å². The van der Waals surface area contributed by atoms with Crippen LogP contribution in [0.1, 0.15) is 38.0 Å². The molecule has 0 bridgehead atoms. The van der Waals surface area contributed by atoms with E-state index in [4.69, 9.17) is 15.0 Å². The number of piperidine rings is 1. The maximum atomic E-state index is 6.03. The fourth-order valence-electron chi connectivity index (χ4n) is 3.80. The topological polar surface area (TPSA) is 77.4 Å². The highest BCUT2D eigenvalue weighted by Gasteiger charge is 2.38. The molecule has 0 spiro atoms. The number of ether oxygens (including phenoxy) is 1. The summed E-state index contributed by atoms with van der Waals surface area (Å²) in [6.45, 7) is 4.18. The summed E-state index contributed by atoms with van der Waals surface area (Å²) < 4.78 is 11.1. The van der Waals surface area contributed by atoms with Crippen molar-refractivity contribution < 1.29 is 9.26 Å². The molecule has 0 saturated carbocycles. The molecule has 134 valence electrons. The third kappa shape index (κ3) is 3.28. The molecule has 2 saturated heterocycles. The zero-order valence-electron chi connectivity index (χ0n) is 14.6. The summed E-state index contributed by atoms with van der Waals surface area (Å²) in [4.78, 5) is 7.11. The van der Waals surface area contributed by atoms with Crippen molar-refractivity contribution in [2.45, 2.75) is 37.5 Å². The van der Waals surface area contributed by atoms with Gasteiger partial charge in [-0.15, -0.1) is 0 Å². The smallest absolute Gasteiger partial charge is 0.234 e. The lowest BCUT2D eigenvalue weighted by Crippen LogP contribution is -2.40. The Hall–Kier alpha value is -1.92. The van der Waals surface area contributed by atoms with E-state index in [9.17, 15) is 0 Å². The molecule has 6 nitrogen and oxygen atoms in total. The summed E-state index contributed by atoms with van der Waals surface area (Å²) in [5.74, 6) is 1.29. The van der Waals surface area contributed by atoms with Crippen LogP contribution in [0.15, 0.2) is 28.8 Å². The average Bonchev–Trinajstić information content (AvgIpc) is 3.20. The van der Waals surface area contributed by atoms with Gasteiger partial charge in [0.15, 0.2) is 0 Å². The molecule has 6 heteroatoms. The van der Waals surface area contributed by atoms with Crippen molar-refractivity contribution in [1.29, 1.82) is 0 Å². The quantitative estimate of drug-likeness (QED) is 0.920. The predicted octanol–water partition coefficient (Wildman–Crippen LogP) is 2.73. The van der Waals surface area contributed by atoms with Gasteiger partial charge in [-0.25, -0.2) is 0 Å². The molecule has 25 heavy (non-hydrogen) atoms. The van der Waals surface area contributed by atoms with E-state index in [1.807, 2.05) is 0 Å². The van der Waals surface area contributed by atoms with Crippen LogP contribution < -0.4 is 10.6 Å². The summed E-state index contributed by atoms with van der Waals surface area (Å²) in [5, 5.41) is 4.20. The minimum Gasteiger partial charge on any atom is -0.381 e. The fraction of sp³-hybridized carbons (Fsp3) is 0.579. The molecule has 1 aromatic heterocycles. The van der Waals surface area contributed by atoms with Crippen molar-refractivity contribution in [2.24, 2.45) is 5.73 Å². The van der Waals surface area contributed by atoms with E-state index in [1.165, 1.54) is 24.9 Å². The number of rotatable bonds is 4. The maximum Gasteiger partial charge on any atom is 0.234 e. The standard InChI is InChI=1S/C19H26N4O2/c20-14-19(8-12-24-13-9-19)18-21-17(22-25-18)15-4-6-16(7-5-15)23-10-2-1-3-11-23/h4-7H,1-3,8-14,20H2. The van der Waals surface area contributed by atoms with Crippen LogP contribution in [0.2, 0.25) is 0 Å². The molecule has 0 unspecified atom stereocenters. The number of nitrogens with two attached hydrogens (primary N) is 1. The van der Waals surface area contributed by atoms with Gasteiger partial charge in [-0.1, -0.05) is 5.16 Å². The Morgan fingerprint density at radius 1 is 1.04 bits per heavy atom. The second-order valence-corrected chi connectivity index (χ2v) is 7.11. The average molecular weight is 342 g/mol. The monoisotopic (exact) mass is 342 g/mol. The highest BCUT2D eigenvalue weighted by Crippen LogP contribution is 2.34. The first-order valence-corrected chi connectivity index (χ1v) is 9.28. The van der Waals surface area contributed by atoms with Gasteiger partial charge in [-0.2, -0.15) is 4.98 Å². The second-order valence-electron chi connectivity index (χ2n) is 7.11. The van der Waals surface area contributed by atoms with Crippen LogP contribution in [0, 0.1) is 0 Å². The van der Waals surface area contributed by atoms with Crippen molar-refractivity contribution >= 4 is 5.69 Å². The Balaban J connectivity index is 1.53. The zero-order chi connectivity index (χ0) is 17.1. The van der Waals surface area contributed by atoms with E-state index in [2.05, 4.69) is 39.3 Å². The van der Waals surface area contributed by atoms with Gasteiger partial charge in [0.25, 0.3) is 0 Å². The van der Waals surface area contributed by atoms with Gasteiger partial charge < -0.3 is 19.9 Å². The largest absolute Gasteiger partial charge is 0.381 e. The lowest BCUT2D eigenvalue weighted by atomic mass is 9.80. The van der Waals surface area contributed by atoms with Gasteiger partial charge in [-0.3, -0.25) is 0 Å². The van der Waals surface area contributed by atoms with Gasteiger partial charge >= 0.3 is 0 Å². The van der Waals surface area contributed by atoms with Crippen molar-refractivity contribution in [1.82, 2.24) is 10.1 Å². The molecule has 2 aliphatic heterocycles. The highest BCUT2D eigenvalue weighted by atomic mass is 16.5. The third-order valence-corrected chi connectivity index (χ3v) is 5.57. The molecule has 2 fully saturated rings. The molecule has 0 radical (unpaired) electrons. The van der Waals surface area contributed by atoms with E-state index >= 15 is 0 Å². The zero-order valence-corrected chi connectivity index (χ0v) is 14.6. The Bertz CT molecular complexity index is 686. The summed E-state index contributed by atoms with van der Waals surface area (Å²) >= 11 is 0. The molecule has 2 N–H and O–H groups in total. The summed E-state index contributed by atoms with van der Waals surface area (Å²) in [7, 11) is 0. The van der Waals surface area contributed by atoms with Gasteiger partial charge in [-0.05, 0) is 56.4 Å². The SMILES string of the molecule is NCC1(c2nc(-c3ccc(N4CCCCC4)cc3)no2)CCOCC1. The van der Waals surface area contributed by atoms with Crippen LogP contribution in [0.25, 0.3) is 11.4 Å². The van der Waals surface area contributed by atoms with Crippen LogP contribution in [0.4, 0.5) is 5.69 Å². The van der Waals surface area contributed by atoms with E-state index in [-0.39, 0.29) is 5.41 Å². The maximum absolute atomic E-state index is 6.03.